The number of hydrogen-bond acceptors (Lipinski definition) is 6. The van der Waals surface area contributed by atoms with Crippen molar-refractivity contribution in [2.45, 2.75) is 13.3 Å². The molecule has 0 aliphatic heterocycles. The molecule has 0 fully saturated rings. The van der Waals surface area contributed by atoms with Crippen molar-refractivity contribution in [1.82, 2.24) is 24.6 Å². The first kappa shape index (κ1) is 17.2. The molecule has 0 unspecified atom stereocenters. The fourth-order valence-electron chi connectivity index (χ4n) is 2.63. The second-order valence-corrected chi connectivity index (χ2v) is 6.49. The van der Waals surface area contributed by atoms with Gasteiger partial charge < -0.3 is 0 Å². The van der Waals surface area contributed by atoms with E-state index < -0.39 is 12.3 Å². The van der Waals surface area contributed by atoms with Crippen LogP contribution in [0.2, 0.25) is 0 Å². The molecule has 1 amide bonds. The second-order valence-electron chi connectivity index (χ2n) is 5.60. The average Bonchev–Trinajstić information content (AvgIpc) is 3.30. The molecule has 4 heterocycles. The molecule has 0 spiro atoms. The van der Waals surface area contributed by atoms with Gasteiger partial charge in [0, 0.05) is 30.2 Å². The highest BCUT2D eigenvalue weighted by atomic mass is 32.1. The van der Waals surface area contributed by atoms with E-state index in [2.05, 4.69) is 25.4 Å². The number of halogens is 2. The van der Waals surface area contributed by atoms with Gasteiger partial charge in [0.15, 0.2) is 10.8 Å². The number of amides is 1. The number of nitrogens with one attached hydrogen (secondary N) is 1. The van der Waals surface area contributed by atoms with Gasteiger partial charge >= 0.3 is 0 Å². The lowest BCUT2D eigenvalue weighted by molar-refractivity contribution is 0.101. The van der Waals surface area contributed by atoms with Crippen molar-refractivity contribution in [2.75, 3.05) is 5.43 Å². The summed E-state index contributed by atoms with van der Waals surface area (Å²) in [6, 6.07) is 3.21. The maximum atomic E-state index is 13.2. The smallest absolute Gasteiger partial charge is 0.267 e. The van der Waals surface area contributed by atoms with E-state index in [-0.39, 0.29) is 16.6 Å². The van der Waals surface area contributed by atoms with Crippen LogP contribution >= 0.6 is 11.3 Å². The van der Waals surface area contributed by atoms with Gasteiger partial charge in [0.05, 0.1) is 27.9 Å². The normalized spacial score (nSPS) is 11.3. The van der Waals surface area contributed by atoms with Gasteiger partial charge in [-0.15, -0.1) is 11.3 Å². The Morgan fingerprint density at radius 2 is 2.11 bits per heavy atom. The van der Waals surface area contributed by atoms with Crippen LogP contribution in [0.1, 0.15) is 28.0 Å². The highest BCUT2D eigenvalue weighted by molar-refractivity contribution is 7.12. The molecule has 4 rings (SSSR count). The predicted octanol–water partition coefficient (Wildman–Crippen LogP) is 3.58. The lowest BCUT2D eigenvalue weighted by Crippen LogP contribution is -2.23. The first-order chi connectivity index (χ1) is 13.0. The quantitative estimate of drug-likeness (QED) is 0.579. The number of thiazole rings is 1. The molecule has 0 bridgehead atoms. The largest absolute Gasteiger partial charge is 0.273 e. The minimum Gasteiger partial charge on any atom is -0.267 e. The lowest BCUT2D eigenvalue weighted by Gasteiger charge is -2.09. The van der Waals surface area contributed by atoms with Crippen molar-refractivity contribution >= 4 is 28.3 Å². The number of alkyl halides is 2. The highest BCUT2D eigenvalue weighted by Crippen LogP contribution is 2.27. The van der Waals surface area contributed by atoms with Gasteiger partial charge in [0.1, 0.15) is 0 Å². The first-order valence-electron chi connectivity index (χ1n) is 7.83. The second kappa shape index (κ2) is 6.80. The van der Waals surface area contributed by atoms with Crippen molar-refractivity contribution in [1.29, 1.82) is 0 Å². The van der Waals surface area contributed by atoms with Crippen molar-refractivity contribution in [3.8, 4) is 10.8 Å². The van der Waals surface area contributed by atoms with E-state index >= 15 is 0 Å². The Morgan fingerprint density at radius 1 is 1.26 bits per heavy atom. The van der Waals surface area contributed by atoms with Crippen LogP contribution in [-0.2, 0) is 0 Å². The topological polar surface area (TPSA) is 85.6 Å². The summed E-state index contributed by atoms with van der Waals surface area (Å²) in [6.45, 7) is 1.67. The Balaban J connectivity index is 1.66. The molecule has 1 N–H and O–H groups in total. The Morgan fingerprint density at radius 3 is 2.81 bits per heavy atom. The predicted molar refractivity (Wildman–Crippen MR) is 96.3 cm³/mol. The van der Waals surface area contributed by atoms with Crippen molar-refractivity contribution in [3.05, 3.63) is 59.1 Å². The van der Waals surface area contributed by atoms with Crippen molar-refractivity contribution in [2.24, 2.45) is 0 Å². The molecule has 4 aromatic heterocycles. The highest BCUT2D eigenvalue weighted by Gasteiger charge is 2.20. The molecule has 0 aromatic carbocycles. The summed E-state index contributed by atoms with van der Waals surface area (Å²) in [5, 5.41) is 2.45. The standard InChI is InChI=1S/C17H12F2N6OS/c1-9-10(7-22-15(23-9)17-21-5-6-27-17)16(26)24-25-8-11(14(18)19)13-12(25)3-2-4-20-13/h2-8,14H,1H3,(H,24,26). The summed E-state index contributed by atoms with van der Waals surface area (Å²) in [7, 11) is 0. The van der Waals surface area contributed by atoms with Crippen LogP contribution in [0.4, 0.5) is 8.78 Å². The van der Waals surface area contributed by atoms with Crippen LogP contribution in [0.5, 0.6) is 0 Å². The third kappa shape index (κ3) is 3.14. The lowest BCUT2D eigenvalue weighted by atomic mass is 10.2. The molecule has 27 heavy (non-hydrogen) atoms. The minimum absolute atomic E-state index is 0.139. The zero-order chi connectivity index (χ0) is 19.0. The molecule has 10 heteroatoms. The van der Waals surface area contributed by atoms with Gasteiger partial charge in [-0.05, 0) is 19.1 Å². The number of rotatable bonds is 4. The number of aryl methyl sites for hydroxylation is 1. The van der Waals surface area contributed by atoms with Crippen molar-refractivity contribution in [3.63, 3.8) is 0 Å². The maximum Gasteiger partial charge on any atom is 0.273 e. The van der Waals surface area contributed by atoms with E-state index in [4.69, 9.17) is 0 Å². The molecule has 7 nitrogen and oxygen atoms in total. The summed E-state index contributed by atoms with van der Waals surface area (Å²) in [5.74, 6) is -0.0885. The van der Waals surface area contributed by atoms with E-state index in [1.807, 2.05) is 0 Å². The summed E-state index contributed by atoms with van der Waals surface area (Å²) < 4.78 is 27.7. The first-order valence-corrected chi connectivity index (χ1v) is 8.71. The van der Waals surface area contributed by atoms with Gasteiger partial charge in [0.25, 0.3) is 12.3 Å². The van der Waals surface area contributed by atoms with Crippen LogP contribution in [-0.4, -0.2) is 30.5 Å². The summed E-state index contributed by atoms with van der Waals surface area (Å²) in [4.78, 5) is 29.2. The van der Waals surface area contributed by atoms with E-state index in [1.54, 1.807) is 30.6 Å². The number of carbonyl (C=O) groups excluding carboxylic acids is 1. The van der Waals surface area contributed by atoms with E-state index in [9.17, 15) is 13.6 Å². The Bertz CT molecular complexity index is 1130. The number of nitrogens with zero attached hydrogens (tertiary/aromatic N) is 5. The Hall–Kier alpha value is -3.27. The molecule has 4 aromatic rings. The number of aromatic nitrogens is 5. The molecule has 136 valence electrons. The molecule has 0 aliphatic rings. The van der Waals surface area contributed by atoms with Crippen LogP contribution in [0, 0.1) is 6.92 Å². The Kier molecular flexibility index (Phi) is 4.32. The molecule has 0 atom stereocenters. The molecule has 0 radical (unpaired) electrons. The maximum absolute atomic E-state index is 13.2. The number of fused-ring (bicyclic) bond motifs is 1. The van der Waals surface area contributed by atoms with Gasteiger partial charge in [-0.1, -0.05) is 0 Å². The molecule has 0 saturated carbocycles. The Labute approximate surface area is 155 Å². The fraction of sp³-hybridized carbons (Fsp3) is 0.118. The fourth-order valence-corrected chi connectivity index (χ4v) is 3.21. The molecule has 0 aliphatic carbocycles. The van der Waals surface area contributed by atoms with E-state index in [1.165, 1.54) is 34.6 Å². The monoisotopic (exact) mass is 386 g/mol. The average molecular weight is 386 g/mol. The zero-order valence-corrected chi connectivity index (χ0v) is 14.7. The van der Waals surface area contributed by atoms with Gasteiger partial charge in [0.2, 0.25) is 0 Å². The van der Waals surface area contributed by atoms with Gasteiger partial charge in [-0.3, -0.25) is 19.9 Å². The third-order valence-electron chi connectivity index (χ3n) is 3.89. The minimum atomic E-state index is -2.71. The number of carbonyl (C=O) groups is 1. The summed E-state index contributed by atoms with van der Waals surface area (Å²) in [5.41, 5.74) is 3.53. The molecular formula is C17H12F2N6OS. The van der Waals surface area contributed by atoms with Crippen LogP contribution in [0.3, 0.4) is 0 Å². The van der Waals surface area contributed by atoms with Crippen LogP contribution in [0.15, 0.2) is 42.3 Å². The van der Waals surface area contributed by atoms with Crippen LogP contribution < -0.4 is 5.43 Å². The van der Waals surface area contributed by atoms with E-state index in [0.29, 0.717) is 22.0 Å². The zero-order valence-electron chi connectivity index (χ0n) is 13.9. The van der Waals surface area contributed by atoms with Gasteiger partial charge in [-0.25, -0.2) is 23.7 Å². The summed E-state index contributed by atoms with van der Waals surface area (Å²) in [6.07, 6.45) is 2.93. The SMILES string of the molecule is Cc1nc(-c2nccs2)ncc1C(=O)Nn1cc(C(F)F)c2ncccc21. The molecule has 0 saturated heterocycles. The van der Waals surface area contributed by atoms with E-state index in [0.717, 1.165) is 0 Å². The summed E-state index contributed by atoms with van der Waals surface area (Å²) >= 11 is 1.39. The van der Waals surface area contributed by atoms with Crippen molar-refractivity contribution < 1.29 is 13.6 Å². The number of hydrogen-bond donors (Lipinski definition) is 1. The van der Waals surface area contributed by atoms with Gasteiger partial charge in [-0.2, -0.15) is 0 Å². The van der Waals surface area contributed by atoms with Crippen LogP contribution in [0.25, 0.3) is 21.9 Å². The molecular weight excluding hydrogens is 374 g/mol. The number of pyridine rings is 1. The third-order valence-corrected chi connectivity index (χ3v) is 4.66.